The van der Waals surface area contributed by atoms with E-state index in [2.05, 4.69) is 15.3 Å². The molecule has 1 N–H and O–H groups in total. The van der Waals surface area contributed by atoms with Gasteiger partial charge in [0.25, 0.3) is 0 Å². The van der Waals surface area contributed by atoms with Gasteiger partial charge in [-0.3, -0.25) is 9.36 Å². The van der Waals surface area contributed by atoms with Crippen LogP contribution in [-0.2, 0) is 23.8 Å². The molecular formula is C19H12F5N5O. The molecule has 0 aliphatic rings. The van der Waals surface area contributed by atoms with Crippen LogP contribution in [0.4, 0.5) is 27.6 Å². The van der Waals surface area contributed by atoms with Gasteiger partial charge in [-0.1, -0.05) is 12.1 Å². The molecule has 3 aromatic rings. The number of nitrogens with zero attached hydrogens (tertiary/aromatic N) is 4. The van der Waals surface area contributed by atoms with Crippen molar-refractivity contribution in [3.05, 3.63) is 71.4 Å². The van der Waals surface area contributed by atoms with Crippen molar-refractivity contribution in [2.75, 3.05) is 5.32 Å². The van der Waals surface area contributed by atoms with E-state index in [0.717, 1.165) is 24.4 Å². The highest BCUT2D eigenvalue weighted by Crippen LogP contribution is 2.32. The van der Waals surface area contributed by atoms with Crippen LogP contribution in [0, 0.1) is 23.0 Å². The van der Waals surface area contributed by atoms with Gasteiger partial charge >= 0.3 is 6.18 Å². The van der Waals surface area contributed by atoms with Crippen molar-refractivity contribution in [2.24, 2.45) is 0 Å². The minimum Gasteiger partial charge on any atom is -0.324 e. The van der Waals surface area contributed by atoms with Crippen LogP contribution >= 0.6 is 0 Å². The Labute approximate surface area is 166 Å². The summed E-state index contributed by atoms with van der Waals surface area (Å²) >= 11 is 0. The first-order valence-electron chi connectivity index (χ1n) is 8.39. The molecule has 0 fully saturated rings. The summed E-state index contributed by atoms with van der Waals surface area (Å²) < 4.78 is 67.9. The number of hydrogen-bond donors (Lipinski definition) is 1. The second-order valence-electron chi connectivity index (χ2n) is 6.14. The summed E-state index contributed by atoms with van der Waals surface area (Å²) in [7, 11) is 0. The van der Waals surface area contributed by atoms with Gasteiger partial charge in [-0.25, -0.2) is 18.7 Å². The summed E-state index contributed by atoms with van der Waals surface area (Å²) in [5.74, 6) is -3.33. The summed E-state index contributed by atoms with van der Waals surface area (Å²) in [6, 6.07) is 5.49. The number of benzene rings is 1. The molecule has 0 radical (unpaired) electrons. The van der Waals surface area contributed by atoms with E-state index in [4.69, 9.17) is 5.26 Å². The van der Waals surface area contributed by atoms with Crippen molar-refractivity contribution >= 4 is 11.6 Å². The van der Waals surface area contributed by atoms with E-state index in [1.54, 1.807) is 0 Å². The Morgan fingerprint density at radius 3 is 2.67 bits per heavy atom. The minimum atomic E-state index is -4.89. The Kier molecular flexibility index (Phi) is 5.77. The van der Waals surface area contributed by atoms with Gasteiger partial charge in [-0.15, -0.1) is 0 Å². The first-order valence-corrected chi connectivity index (χ1v) is 8.39. The van der Waals surface area contributed by atoms with E-state index in [0.29, 0.717) is 11.8 Å². The Hall–Kier alpha value is -3.81. The lowest BCUT2D eigenvalue weighted by Gasteiger charge is -2.11. The zero-order valence-corrected chi connectivity index (χ0v) is 15.0. The topological polar surface area (TPSA) is 83.6 Å². The van der Waals surface area contributed by atoms with E-state index in [9.17, 15) is 26.7 Å². The first kappa shape index (κ1) is 20.9. The van der Waals surface area contributed by atoms with Crippen molar-refractivity contribution in [3.8, 4) is 11.9 Å². The minimum absolute atomic E-state index is 0.0366. The van der Waals surface area contributed by atoms with Crippen LogP contribution in [0.2, 0.25) is 0 Å². The number of imidazole rings is 1. The number of aromatic nitrogens is 3. The fourth-order valence-electron chi connectivity index (χ4n) is 2.65. The lowest BCUT2D eigenvalue weighted by atomic mass is 10.1. The molecule has 2 aromatic heterocycles. The Morgan fingerprint density at radius 1 is 1.23 bits per heavy atom. The molecular weight excluding hydrogens is 409 g/mol. The van der Waals surface area contributed by atoms with Gasteiger partial charge in [0.1, 0.15) is 12.1 Å². The maximum Gasteiger partial charge on any atom is 0.419 e. The van der Waals surface area contributed by atoms with Crippen LogP contribution in [0.25, 0.3) is 5.82 Å². The Balaban J connectivity index is 1.73. The normalized spacial score (nSPS) is 11.2. The second kappa shape index (κ2) is 8.28. The molecule has 0 atom stereocenters. The summed E-state index contributed by atoms with van der Waals surface area (Å²) in [6.07, 6.45) is -1.72. The molecule has 2 heterocycles. The van der Waals surface area contributed by atoms with Gasteiger partial charge in [0.05, 0.1) is 42.1 Å². The largest absolute Gasteiger partial charge is 0.419 e. The average molecular weight is 421 g/mol. The maximum absolute atomic E-state index is 14.3. The third-order valence-corrected chi connectivity index (χ3v) is 3.98. The smallest absolute Gasteiger partial charge is 0.324 e. The third-order valence-electron chi connectivity index (χ3n) is 3.98. The fourth-order valence-corrected chi connectivity index (χ4v) is 2.65. The number of nitrogens with one attached hydrogen (secondary N) is 1. The number of halogens is 5. The van der Waals surface area contributed by atoms with Gasteiger partial charge in [-0.05, 0) is 11.6 Å². The lowest BCUT2D eigenvalue weighted by Crippen LogP contribution is -2.17. The van der Waals surface area contributed by atoms with Crippen molar-refractivity contribution in [1.29, 1.82) is 5.26 Å². The highest BCUT2D eigenvalue weighted by atomic mass is 19.4. The molecule has 0 saturated heterocycles. The number of pyridine rings is 1. The second-order valence-corrected chi connectivity index (χ2v) is 6.14. The standard InChI is InChI=1S/C19H12F5N5O/c20-15-7-13(8-26-18(15)29-9-12(4-5-25)27-10-29)28-16(30)6-11-2-1-3-14(17(11)21)19(22,23)24/h1-3,7-10H,4,6H2,(H,28,30). The van der Waals surface area contributed by atoms with Gasteiger partial charge < -0.3 is 5.32 Å². The molecule has 0 unspecified atom stereocenters. The number of nitriles is 1. The molecule has 0 aliphatic heterocycles. The number of anilines is 1. The molecule has 0 spiro atoms. The number of hydrogen-bond acceptors (Lipinski definition) is 4. The van der Waals surface area contributed by atoms with Crippen LogP contribution in [0.15, 0.2) is 43.0 Å². The van der Waals surface area contributed by atoms with Gasteiger partial charge in [0.2, 0.25) is 5.91 Å². The molecule has 11 heteroatoms. The Morgan fingerprint density at radius 2 is 2.00 bits per heavy atom. The average Bonchev–Trinajstić information content (AvgIpc) is 3.11. The Bertz CT molecular complexity index is 1130. The predicted octanol–water partition coefficient (Wildman–Crippen LogP) is 3.81. The van der Waals surface area contributed by atoms with E-state index < -0.39 is 41.3 Å². The highest BCUT2D eigenvalue weighted by molar-refractivity contribution is 5.92. The molecule has 30 heavy (non-hydrogen) atoms. The van der Waals surface area contributed by atoms with Crippen LogP contribution in [0.1, 0.15) is 16.8 Å². The highest BCUT2D eigenvalue weighted by Gasteiger charge is 2.34. The molecule has 1 aromatic carbocycles. The van der Waals surface area contributed by atoms with Crippen molar-refractivity contribution in [1.82, 2.24) is 14.5 Å². The first-order chi connectivity index (χ1) is 14.2. The number of rotatable bonds is 5. The molecule has 6 nitrogen and oxygen atoms in total. The summed E-state index contributed by atoms with van der Waals surface area (Å²) in [5.41, 5.74) is -1.57. The summed E-state index contributed by atoms with van der Waals surface area (Å²) in [6.45, 7) is 0. The zero-order valence-electron chi connectivity index (χ0n) is 15.0. The molecule has 154 valence electrons. The zero-order chi connectivity index (χ0) is 21.9. The predicted molar refractivity (Wildman–Crippen MR) is 94.4 cm³/mol. The third kappa shape index (κ3) is 4.60. The number of carbonyl (C=O) groups excluding carboxylic acids is 1. The van der Waals surface area contributed by atoms with Gasteiger partial charge in [-0.2, -0.15) is 18.4 Å². The van der Waals surface area contributed by atoms with Crippen molar-refractivity contribution in [2.45, 2.75) is 19.0 Å². The maximum atomic E-state index is 14.3. The van der Waals surface area contributed by atoms with Crippen LogP contribution < -0.4 is 5.32 Å². The molecule has 0 bridgehead atoms. The van der Waals surface area contributed by atoms with E-state index in [-0.39, 0.29) is 17.9 Å². The van der Waals surface area contributed by atoms with Crippen LogP contribution in [-0.4, -0.2) is 20.4 Å². The van der Waals surface area contributed by atoms with E-state index in [1.807, 2.05) is 6.07 Å². The quantitative estimate of drug-likeness (QED) is 0.635. The van der Waals surface area contributed by atoms with Gasteiger partial charge in [0, 0.05) is 12.3 Å². The monoisotopic (exact) mass is 421 g/mol. The number of alkyl halides is 3. The summed E-state index contributed by atoms with van der Waals surface area (Å²) in [5, 5.41) is 10.9. The molecule has 3 rings (SSSR count). The molecule has 1 amide bonds. The fraction of sp³-hybridized carbons (Fsp3) is 0.158. The van der Waals surface area contributed by atoms with Crippen molar-refractivity contribution < 1.29 is 26.7 Å². The molecule has 0 aliphatic carbocycles. The van der Waals surface area contributed by atoms with Crippen LogP contribution in [0.5, 0.6) is 0 Å². The SMILES string of the molecule is N#CCc1cn(-c2ncc(NC(=O)Cc3cccc(C(F)(F)F)c3F)cc2F)cn1. The lowest BCUT2D eigenvalue weighted by molar-refractivity contribution is -0.140. The van der Waals surface area contributed by atoms with Gasteiger partial charge in [0.15, 0.2) is 11.6 Å². The molecule has 0 saturated carbocycles. The van der Waals surface area contributed by atoms with E-state index >= 15 is 0 Å². The van der Waals surface area contributed by atoms with Crippen LogP contribution in [0.3, 0.4) is 0 Å². The van der Waals surface area contributed by atoms with E-state index in [1.165, 1.54) is 17.1 Å². The number of amides is 1. The van der Waals surface area contributed by atoms with Crippen molar-refractivity contribution in [3.63, 3.8) is 0 Å². The number of carbonyl (C=O) groups is 1. The summed E-state index contributed by atoms with van der Waals surface area (Å²) in [4.78, 5) is 19.9.